The van der Waals surface area contributed by atoms with Gasteiger partial charge in [0.25, 0.3) is 0 Å². The summed E-state index contributed by atoms with van der Waals surface area (Å²) >= 11 is 0. The van der Waals surface area contributed by atoms with Gasteiger partial charge in [-0.25, -0.2) is 48.3 Å². The molecule has 0 aliphatic carbocycles. The third-order valence-electron chi connectivity index (χ3n) is 6.86. The number of methoxy groups -OCH3 is 1. The monoisotopic (exact) mass is 838 g/mol. The maximum Gasteiger partial charge on any atom is 0.204 e. The van der Waals surface area contributed by atoms with Crippen molar-refractivity contribution in [2.45, 2.75) is 6.92 Å². The summed E-state index contributed by atoms with van der Waals surface area (Å²) in [6, 6.07) is 13.4. The van der Waals surface area contributed by atoms with Gasteiger partial charge in [-0.1, -0.05) is 60.2 Å². The van der Waals surface area contributed by atoms with Crippen LogP contribution in [0.15, 0.2) is 54.6 Å². The molecule has 0 unspecified atom stereocenters. The number of rotatable bonds is 6. The summed E-state index contributed by atoms with van der Waals surface area (Å²) in [7, 11) is 0.777. The quantitative estimate of drug-likeness (QED) is 0.140. The predicted molar refractivity (Wildman–Crippen MR) is 159 cm³/mol. The molecule has 5 aromatic carbocycles. The number of carbonyl (C=O) groups is 4. The van der Waals surface area contributed by atoms with Crippen LogP contribution in [-0.4, -0.2) is 31.0 Å². The Hall–Kier alpha value is -7.13. The molecule has 0 aliphatic heterocycles. The highest BCUT2D eigenvalue weighted by molar-refractivity contribution is 5.88. The lowest BCUT2D eigenvalue weighted by atomic mass is 10.0. The molecule has 58 heavy (non-hydrogen) atoms. The lowest BCUT2D eigenvalue weighted by molar-refractivity contribution is -0.256. The van der Waals surface area contributed by atoms with Crippen molar-refractivity contribution in [1.29, 1.82) is 0 Å². The smallest absolute Gasteiger partial charge is 0.204 e. The lowest BCUT2D eigenvalue weighted by Gasteiger charge is -2.12. The van der Waals surface area contributed by atoms with E-state index in [1.54, 1.807) is 18.2 Å². The maximum absolute atomic E-state index is 13.7. The number of benzene rings is 5. The average molecular weight is 838 g/mol. The Bertz CT molecular complexity index is 2300. The number of hydrogen-bond donors (Lipinski definition) is 0. The Balaban J connectivity index is 0.000000273. The first-order valence-electron chi connectivity index (χ1n) is 14.7. The molecule has 9 nitrogen and oxygen atoms in total. The van der Waals surface area contributed by atoms with E-state index in [1.165, 1.54) is 36.4 Å². The second-order valence-electron chi connectivity index (χ2n) is 10.5. The topological polar surface area (TPSA) is 170 Å². The Labute approximate surface area is 314 Å². The van der Waals surface area contributed by atoms with Crippen molar-refractivity contribution >= 4 is 23.9 Å². The van der Waals surface area contributed by atoms with Crippen molar-refractivity contribution in [1.82, 2.24) is 0 Å². The highest BCUT2D eigenvalue weighted by Crippen LogP contribution is 2.32. The summed E-state index contributed by atoms with van der Waals surface area (Å²) < 4.78 is 172. The summed E-state index contributed by atoms with van der Waals surface area (Å²) in [5.41, 5.74) is -5.32. The van der Waals surface area contributed by atoms with Gasteiger partial charge in [-0.15, -0.1) is 0 Å². The Morgan fingerprint density at radius 3 is 1.03 bits per heavy atom. The van der Waals surface area contributed by atoms with E-state index in [0.29, 0.717) is 0 Å². The van der Waals surface area contributed by atoms with E-state index in [0.717, 1.165) is 12.7 Å². The molecular weight excluding hydrogens is 823 g/mol. The van der Waals surface area contributed by atoms with Crippen molar-refractivity contribution in [3.05, 3.63) is 158 Å². The maximum atomic E-state index is 13.7. The van der Waals surface area contributed by atoms with Crippen LogP contribution < -0.4 is 25.2 Å². The molecule has 5 rings (SSSR count). The minimum absolute atomic E-state index is 0.111. The number of aryl methyl sites for hydroxylation is 1. The Morgan fingerprint density at radius 1 is 0.414 bits per heavy atom. The van der Waals surface area contributed by atoms with Gasteiger partial charge in [-0.2, -0.15) is 8.78 Å². The second-order valence-corrected chi connectivity index (χ2v) is 10.5. The third kappa shape index (κ3) is 10.2. The number of aromatic carboxylic acids is 4. The normalized spacial score (nSPS) is 10.2. The van der Waals surface area contributed by atoms with Gasteiger partial charge in [0.1, 0.15) is 0 Å². The molecule has 0 heterocycles. The minimum Gasteiger partial charge on any atom is -0.545 e. The Kier molecular flexibility index (Phi) is 15.9. The van der Waals surface area contributed by atoms with Gasteiger partial charge in [0.05, 0.1) is 53.2 Å². The van der Waals surface area contributed by atoms with Gasteiger partial charge in [-0.3, -0.25) is 0 Å². The van der Waals surface area contributed by atoms with Crippen molar-refractivity contribution in [3.63, 3.8) is 0 Å². The molecule has 0 spiro atoms. The second kappa shape index (κ2) is 19.6. The number of ether oxygens (including phenoxy) is 1. The van der Waals surface area contributed by atoms with E-state index in [2.05, 4.69) is 4.74 Å². The molecule has 0 fully saturated rings. The minimum atomic E-state index is -2.47. The molecule has 0 atom stereocenters. The molecule has 0 bridgehead atoms. The van der Waals surface area contributed by atoms with E-state index < -0.39 is 128 Å². The molecule has 5 aromatic rings. The van der Waals surface area contributed by atoms with Crippen LogP contribution in [0.1, 0.15) is 47.0 Å². The number of halogens is 13. The zero-order chi connectivity index (χ0) is 44.5. The molecule has 0 aliphatic rings. The van der Waals surface area contributed by atoms with E-state index in [4.69, 9.17) is 0 Å². The molecule has 0 amide bonds. The van der Waals surface area contributed by atoms with Crippen LogP contribution in [0.2, 0.25) is 0 Å². The third-order valence-corrected chi connectivity index (χ3v) is 6.86. The molecule has 0 saturated carbocycles. The number of carboxylic acids is 4. The summed E-state index contributed by atoms with van der Waals surface area (Å²) in [6.07, 6.45) is 0. The van der Waals surface area contributed by atoms with Crippen molar-refractivity contribution in [3.8, 4) is 16.9 Å². The van der Waals surface area contributed by atoms with E-state index in [1.807, 2.05) is 6.92 Å². The van der Waals surface area contributed by atoms with Gasteiger partial charge in [-0.05, 0) is 18.1 Å². The fourth-order valence-electron chi connectivity index (χ4n) is 4.11. The summed E-state index contributed by atoms with van der Waals surface area (Å²) in [6.45, 7) is 1.90. The van der Waals surface area contributed by atoms with E-state index >= 15 is 0 Å². The zero-order valence-corrected chi connectivity index (χ0v) is 28.3. The lowest BCUT2D eigenvalue weighted by Crippen LogP contribution is -2.26. The molecule has 0 aromatic heterocycles. The predicted octanol–water partition coefficient (Wildman–Crippen LogP) is 3.99. The SMILES string of the molecule is COc1c(F)c(F)c(C(=O)[O-])c(F)c1F.Cc1ccc(C(=O)[O-])cc1.O=C([O-])c1c(F)c(F)c(-c2ccccc2)c(F)c1F.O=C([O-])c1c(F)c(F)c(F)c(F)c1F. The highest BCUT2D eigenvalue weighted by Gasteiger charge is 2.28. The standard InChI is InChI=1S/C13H6F4O2.C8H4F4O3.C8H8O2.C7HF5O2/c14-9-7(6-4-2-1-3-5-6)10(15)12(17)8(11(9)16)13(18)19;1-15-7-5(11)3(9)2(8(13)14)4(10)6(7)12;1-6-2-4-7(5-3-6)8(9)10;8-2-1(7(13)14)3(9)5(11)6(12)4(2)10/h1-5H,(H,18,19);1H3,(H,13,14);2-5H,1H3,(H,9,10);(H,13,14)/p-4. The van der Waals surface area contributed by atoms with Gasteiger partial charge >= 0.3 is 0 Å². The van der Waals surface area contributed by atoms with Crippen LogP contribution in [0.4, 0.5) is 57.1 Å². The zero-order valence-electron chi connectivity index (χ0n) is 28.3. The van der Waals surface area contributed by atoms with Crippen molar-refractivity contribution in [2.24, 2.45) is 0 Å². The Morgan fingerprint density at radius 2 is 0.724 bits per heavy atom. The summed E-state index contributed by atoms with van der Waals surface area (Å²) in [5, 5.41) is 40.9. The van der Waals surface area contributed by atoms with Crippen LogP contribution in [0.3, 0.4) is 0 Å². The molecule has 0 radical (unpaired) electrons. The van der Waals surface area contributed by atoms with Gasteiger partial charge in [0.15, 0.2) is 63.9 Å². The highest BCUT2D eigenvalue weighted by atomic mass is 19.2. The van der Waals surface area contributed by atoms with Crippen molar-refractivity contribution < 1.29 is 101 Å². The van der Waals surface area contributed by atoms with Crippen LogP contribution >= 0.6 is 0 Å². The van der Waals surface area contributed by atoms with Gasteiger partial charge in [0.2, 0.25) is 17.5 Å². The number of carbonyl (C=O) groups excluding carboxylic acids is 4. The molecule has 308 valence electrons. The molecule has 22 heteroatoms. The summed E-state index contributed by atoms with van der Waals surface area (Å²) in [5.74, 6) is -37.0. The van der Waals surface area contributed by atoms with Crippen LogP contribution in [0, 0.1) is 82.5 Å². The first-order valence-corrected chi connectivity index (χ1v) is 14.7. The molecular formula is C36H15F13O9-4. The van der Waals surface area contributed by atoms with Crippen LogP contribution in [0.5, 0.6) is 5.75 Å². The summed E-state index contributed by atoms with van der Waals surface area (Å²) in [4.78, 5) is 40.9. The fraction of sp³-hybridized carbons (Fsp3) is 0.0556. The van der Waals surface area contributed by atoms with Crippen molar-refractivity contribution in [2.75, 3.05) is 7.11 Å². The number of hydrogen-bond acceptors (Lipinski definition) is 9. The van der Waals surface area contributed by atoms with Crippen LogP contribution in [-0.2, 0) is 0 Å². The average Bonchev–Trinajstić information content (AvgIpc) is 3.16. The van der Waals surface area contributed by atoms with Gasteiger partial charge in [0, 0.05) is 0 Å². The van der Waals surface area contributed by atoms with Crippen LogP contribution in [0.25, 0.3) is 11.1 Å². The molecule has 0 saturated heterocycles. The fourth-order valence-corrected chi connectivity index (χ4v) is 4.11. The largest absolute Gasteiger partial charge is 0.545 e. The van der Waals surface area contributed by atoms with E-state index in [9.17, 15) is 96.7 Å². The van der Waals surface area contributed by atoms with Gasteiger partial charge < -0.3 is 44.3 Å². The number of carboxylic acid groups (broad SMARTS) is 4. The molecule has 0 N–H and O–H groups in total. The first kappa shape index (κ1) is 47.0. The van der Waals surface area contributed by atoms with E-state index in [-0.39, 0.29) is 11.1 Å². The first-order chi connectivity index (χ1) is 26.9.